The number of hydrogen-bond acceptors (Lipinski definition) is 5. The zero-order valence-electron chi connectivity index (χ0n) is 19.2. The first-order chi connectivity index (χ1) is 14.6. The Labute approximate surface area is 185 Å². The molecule has 2 amide bonds. The number of hydrogen-bond donors (Lipinski definition) is 3. The largest absolute Gasteiger partial charge is 0.389 e. The number of rotatable bonds is 9. The van der Waals surface area contributed by atoms with Gasteiger partial charge < -0.3 is 20.6 Å². The van der Waals surface area contributed by atoms with Crippen LogP contribution >= 0.6 is 0 Å². The number of aromatic nitrogens is 2. The molecule has 0 spiro atoms. The molecular weight excluding hydrogens is 394 g/mol. The molecule has 2 heterocycles. The molecule has 1 aliphatic carbocycles. The quantitative estimate of drug-likeness (QED) is 0.558. The molecule has 1 fully saturated rings. The van der Waals surface area contributed by atoms with E-state index in [2.05, 4.69) is 15.7 Å². The molecule has 31 heavy (non-hydrogen) atoms. The fourth-order valence-electron chi connectivity index (χ4n) is 4.50. The standard InChI is InChI=1S/C23H37N5O3/c1-16(2)24-18-13-21(29)28(14-18)19(12-17-8-6-5-7-9-17)22(30)25-20-10-11-27(26-20)15-23(3,4)31/h10-11,13,16-17,19,24,31H,5-9,12,14-15H2,1-4H3,(H,25,26,30). The van der Waals surface area contributed by atoms with Gasteiger partial charge in [0, 0.05) is 30.1 Å². The third-order valence-electron chi connectivity index (χ3n) is 5.80. The lowest BCUT2D eigenvalue weighted by atomic mass is 9.84. The normalized spacial score (nSPS) is 19.0. The van der Waals surface area contributed by atoms with Gasteiger partial charge >= 0.3 is 0 Å². The zero-order chi connectivity index (χ0) is 22.6. The number of anilines is 1. The van der Waals surface area contributed by atoms with Crippen molar-refractivity contribution >= 4 is 17.6 Å². The number of amides is 2. The fourth-order valence-corrected chi connectivity index (χ4v) is 4.50. The Kier molecular flexibility index (Phi) is 7.41. The summed E-state index contributed by atoms with van der Waals surface area (Å²) in [5, 5.41) is 20.6. The molecule has 1 saturated carbocycles. The Hall–Kier alpha value is -2.35. The summed E-state index contributed by atoms with van der Waals surface area (Å²) >= 11 is 0. The molecule has 1 aromatic heterocycles. The maximum absolute atomic E-state index is 13.3. The monoisotopic (exact) mass is 431 g/mol. The van der Waals surface area contributed by atoms with Crippen molar-refractivity contribution in [3.05, 3.63) is 24.0 Å². The van der Waals surface area contributed by atoms with Gasteiger partial charge in [0.05, 0.1) is 18.7 Å². The van der Waals surface area contributed by atoms with Gasteiger partial charge in [-0.15, -0.1) is 0 Å². The van der Waals surface area contributed by atoms with Crippen LogP contribution in [0.3, 0.4) is 0 Å². The topological polar surface area (TPSA) is 99.5 Å². The summed E-state index contributed by atoms with van der Waals surface area (Å²) in [7, 11) is 0. The molecule has 1 aliphatic heterocycles. The minimum Gasteiger partial charge on any atom is -0.389 e. The predicted molar refractivity (Wildman–Crippen MR) is 120 cm³/mol. The third-order valence-corrected chi connectivity index (χ3v) is 5.80. The summed E-state index contributed by atoms with van der Waals surface area (Å²) in [6.45, 7) is 8.24. The average Bonchev–Trinajstić information content (AvgIpc) is 3.24. The average molecular weight is 432 g/mol. The zero-order valence-corrected chi connectivity index (χ0v) is 19.2. The van der Waals surface area contributed by atoms with E-state index in [0.717, 1.165) is 18.5 Å². The van der Waals surface area contributed by atoms with Gasteiger partial charge in [-0.3, -0.25) is 14.3 Å². The van der Waals surface area contributed by atoms with Crippen LogP contribution in [0.5, 0.6) is 0 Å². The van der Waals surface area contributed by atoms with E-state index >= 15 is 0 Å². The molecular formula is C23H37N5O3. The second-order valence-corrected chi connectivity index (χ2v) is 9.89. The Balaban J connectivity index is 1.71. The maximum atomic E-state index is 13.3. The van der Waals surface area contributed by atoms with Gasteiger partial charge in [0.2, 0.25) is 11.8 Å². The Morgan fingerprint density at radius 2 is 2.00 bits per heavy atom. The van der Waals surface area contributed by atoms with E-state index in [-0.39, 0.29) is 17.9 Å². The van der Waals surface area contributed by atoms with E-state index in [0.29, 0.717) is 31.2 Å². The molecule has 3 N–H and O–H groups in total. The first-order valence-corrected chi connectivity index (χ1v) is 11.4. The van der Waals surface area contributed by atoms with Crippen molar-refractivity contribution in [1.82, 2.24) is 20.0 Å². The smallest absolute Gasteiger partial charge is 0.249 e. The molecule has 1 aromatic rings. The molecule has 172 valence electrons. The van der Waals surface area contributed by atoms with Crippen molar-refractivity contribution in [2.75, 3.05) is 11.9 Å². The van der Waals surface area contributed by atoms with Crippen LogP contribution in [0.25, 0.3) is 0 Å². The highest BCUT2D eigenvalue weighted by Crippen LogP contribution is 2.30. The molecule has 2 aliphatic rings. The second-order valence-electron chi connectivity index (χ2n) is 9.89. The van der Waals surface area contributed by atoms with Crippen LogP contribution in [-0.4, -0.2) is 55.8 Å². The number of carbonyl (C=O) groups is 2. The molecule has 0 saturated heterocycles. The van der Waals surface area contributed by atoms with Crippen LogP contribution < -0.4 is 10.6 Å². The molecule has 3 rings (SSSR count). The maximum Gasteiger partial charge on any atom is 0.249 e. The Morgan fingerprint density at radius 1 is 1.29 bits per heavy atom. The molecule has 1 unspecified atom stereocenters. The second kappa shape index (κ2) is 9.85. The van der Waals surface area contributed by atoms with Crippen molar-refractivity contribution in [2.45, 2.75) is 90.4 Å². The van der Waals surface area contributed by atoms with E-state index in [1.807, 2.05) is 13.8 Å². The van der Waals surface area contributed by atoms with E-state index in [9.17, 15) is 14.7 Å². The van der Waals surface area contributed by atoms with Gasteiger partial charge in [-0.05, 0) is 40.0 Å². The predicted octanol–water partition coefficient (Wildman–Crippen LogP) is 2.66. The summed E-state index contributed by atoms with van der Waals surface area (Å²) in [4.78, 5) is 27.7. The van der Waals surface area contributed by atoms with Crippen LogP contribution in [0, 0.1) is 5.92 Å². The van der Waals surface area contributed by atoms with E-state index in [1.165, 1.54) is 19.3 Å². The molecule has 0 radical (unpaired) electrons. The first kappa shape index (κ1) is 23.3. The van der Waals surface area contributed by atoms with Crippen LogP contribution in [0.1, 0.15) is 66.2 Å². The van der Waals surface area contributed by atoms with Gasteiger partial charge in [-0.25, -0.2) is 0 Å². The minimum atomic E-state index is -0.899. The lowest BCUT2D eigenvalue weighted by Gasteiger charge is -2.32. The Bertz CT molecular complexity index is 802. The SMILES string of the molecule is CC(C)NC1=CC(=O)N(C(CC2CCCCC2)C(=O)Nc2ccn(CC(C)(C)O)n2)C1. The number of nitrogens with one attached hydrogen (secondary N) is 2. The van der Waals surface area contributed by atoms with E-state index in [4.69, 9.17) is 0 Å². The van der Waals surface area contributed by atoms with Crippen molar-refractivity contribution in [1.29, 1.82) is 0 Å². The lowest BCUT2D eigenvalue weighted by molar-refractivity contribution is -0.134. The van der Waals surface area contributed by atoms with Crippen LogP contribution in [0.2, 0.25) is 0 Å². The molecule has 0 bridgehead atoms. The van der Waals surface area contributed by atoms with Gasteiger partial charge in [0.15, 0.2) is 5.82 Å². The molecule has 8 nitrogen and oxygen atoms in total. The van der Waals surface area contributed by atoms with Crippen LogP contribution in [0.4, 0.5) is 5.82 Å². The third kappa shape index (κ3) is 6.82. The lowest BCUT2D eigenvalue weighted by Crippen LogP contribution is -2.47. The first-order valence-electron chi connectivity index (χ1n) is 11.4. The van der Waals surface area contributed by atoms with Crippen molar-refractivity contribution in [2.24, 2.45) is 5.92 Å². The summed E-state index contributed by atoms with van der Waals surface area (Å²) < 4.78 is 1.61. The van der Waals surface area contributed by atoms with Gasteiger partial charge in [0.1, 0.15) is 6.04 Å². The van der Waals surface area contributed by atoms with Crippen molar-refractivity contribution in [3.8, 4) is 0 Å². The van der Waals surface area contributed by atoms with Gasteiger partial charge in [0.25, 0.3) is 0 Å². The highest BCUT2D eigenvalue weighted by molar-refractivity contribution is 5.99. The van der Waals surface area contributed by atoms with Gasteiger partial charge in [-0.2, -0.15) is 5.10 Å². The van der Waals surface area contributed by atoms with Crippen LogP contribution in [0.15, 0.2) is 24.0 Å². The van der Waals surface area contributed by atoms with E-state index < -0.39 is 11.6 Å². The summed E-state index contributed by atoms with van der Waals surface area (Å²) in [5.41, 5.74) is -0.0412. The molecule has 1 atom stereocenters. The summed E-state index contributed by atoms with van der Waals surface area (Å²) in [5.74, 6) is 0.563. The molecule has 8 heteroatoms. The summed E-state index contributed by atoms with van der Waals surface area (Å²) in [6.07, 6.45) is 9.85. The van der Waals surface area contributed by atoms with Crippen LogP contribution in [-0.2, 0) is 16.1 Å². The van der Waals surface area contributed by atoms with Crippen molar-refractivity contribution in [3.63, 3.8) is 0 Å². The van der Waals surface area contributed by atoms with Gasteiger partial charge in [-0.1, -0.05) is 32.1 Å². The molecule has 0 aromatic carbocycles. The Morgan fingerprint density at radius 3 is 2.65 bits per heavy atom. The highest BCUT2D eigenvalue weighted by atomic mass is 16.3. The number of nitrogens with zero attached hydrogens (tertiary/aromatic N) is 3. The van der Waals surface area contributed by atoms with Crippen molar-refractivity contribution < 1.29 is 14.7 Å². The summed E-state index contributed by atoms with van der Waals surface area (Å²) in [6, 6.07) is 1.42. The number of aliphatic hydroxyl groups is 1. The number of carbonyl (C=O) groups excluding carboxylic acids is 2. The highest BCUT2D eigenvalue weighted by Gasteiger charge is 2.35. The fraction of sp³-hybridized carbons (Fsp3) is 0.696. The van der Waals surface area contributed by atoms with E-state index in [1.54, 1.807) is 41.8 Å². The minimum absolute atomic E-state index is 0.119.